The summed E-state index contributed by atoms with van der Waals surface area (Å²) < 4.78 is 0. The second-order valence-corrected chi connectivity index (χ2v) is 4.66. The Labute approximate surface area is 98.6 Å². The molecule has 0 aromatic carbocycles. The fraction of sp³-hybridized carbons (Fsp3) is 0.917. The number of aliphatic hydroxyl groups excluding tert-OH is 1. The summed E-state index contributed by atoms with van der Waals surface area (Å²) in [7, 11) is 0. The first kappa shape index (κ1) is 15.4. The smallest absolute Gasteiger partial charge is 0.239 e. The molecule has 0 saturated heterocycles. The molecule has 0 aromatic heterocycles. The van der Waals surface area contributed by atoms with Gasteiger partial charge in [0.05, 0.1) is 5.54 Å². The van der Waals surface area contributed by atoms with Crippen molar-refractivity contribution in [1.82, 2.24) is 5.32 Å². The lowest BCUT2D eigenvalue weighted by Crippen LogP contribution is -2.52. The minimum absolute atomic E-state index is 0.0919. The van der Waals surface area contributed by atoms with E-state index in [9.17, 15) is 4.79 Å². The summed E-state index contributed by atoms with van der Waals surface area (Å²) in [5.41, 5.74) is 5.14. The van der Waals surface area contributed by atoms with Gasteiger partial charge in [0.2, 0.25) is 5.91 Å². The Bertz CT molecular complexity index is 205. The molecule has 0 aliphatic heterocycles. The molecule has 0 bridgehead atoms. The van der Waals surface area contributed by atoms with Crippen LogP contribution in [0.2, 0.25) is 0 Å². The third-order valence-corrected chi connectivity index (χ3v) is 2.95. The maximum absolute atomic E-state index is 11.8. The number of nitrogens with two attached hydrogens (primary N) is 1. The second kappa shape index (κ2) is 7.63. The van der Waals surface area contributed by atoms with Crippen LogP contribution in [0.15, 0.2) is 0 Å². The Hall–Kier alpha value is -0.610. The van der Waals surface area contributed by atoms with Gasteiger partial charge in [0, 0.05) is 13.2 Å². The molecule has 0 rings (SSSR count). The summed E-state index contributed by atoms with van der Waals surface area (Å²) in [6.45, 7) is 6.60. The van der Waals surface area contributed by atoms with Crippen molar-refractivity contribution in [3.8, 4) is 0 Å². The number of amides is 1. The zero-order valence-corrected chi connectivity index (χ0v) is 10.8. The summed E-state index contributed by atoms with van der Waals surface area (Å²) in [6.07, 6.45) is 3.27. The van der Waals surface area contributed by atoms with Gasteiger partial charge in [0.15, 0.2) is 0 Å². The minimum Gasteiger partial charge on any atom is -0.396 e. The van der Waals surface area contributed by atoms with Crippen LogP contribution < -0.4 is 11.1 Å². The molecule has 4 heteroatoms. The summed E-state index contributed by atoms with van der Waals surface area (Å²) in [6, 6.07) is 0. The Morgan fingerprint density at radius 3 is 2.56 bits per heavy atom. The predicted molar refractivity (Wildman–Crippen MR) is 66.0 cm³/mol. The summed E-state index contributed by atoms with van der Waals surface area (Å²) >= 11 is 0. The van der Waals surface area contributed by atoms with Gasteiger partial charge in [0.25, 0.3) is 0 Å². The van der Waals surface area contributed by atoms with Crippen LogP contribution in [0.25, 0.3) is 0 Å². The Kier molecular flexibility index (Phi) is 7.34. The van der Waals surface area contributed by atoms with E-state index in [0.29, 0.717) is 18.9 Å². The maximum atomic E-state index is 11.8. The molecular formula is C12H26N2O2. The lowest BCUT2D eigenvalue weighted by Gasteiger charge is -2.24. The number of rotatable bonds is 8. The van der Waals surface area contributed by atoms with Gasteiger partial charge >= 0.3 is 0 Å². The quantitative estimate of drug-likeness (QED) is 0.583. The zero-order valence-electron chi connectivity index (χ0n) is 10.8. The molecule has 0 aliphatic rings. The molecule has 0 heterocycles. The van der Waals surface area contributed by atoms with Gasteiger partial charge in [-0.15, -0.1) is 0 Å². The SMILES string of the molecule is CCCC(C)(N)C(=O)NCC(CC)CCO. The van der Waals surface area contributed by atoms with Crippen molar-refractivity contribution in [1.29, 1.82) is 0 Å². The van der Waals surface area contributed by atoms with Crippen LogP contribution >= 0.6 is 0 Å². The molecule has 16 heavy (non-hydrogen) atoms. The van der Waals surface area contributed by atoms with Crippen molar-refractivity contribution in [2.24, 2.45) is 11.7 Å². The third-order valence-electron chi connectivity index (χ3n) is 2.95. The number of carbonyl (C=O) groups is 1. The van der Waals surface area contributed by atoms with Crippen LogP contribution in [0.3, 0.4) is 0 Å². The summed E-state index contributed by atoms with van der Waals surface area (Å²) in [5.74, 6) is 0.247. The second-order valence-electron chi connectivity index (χ2n) is 4.66. The van der Waals surface area contributed by atoms with Crippen LogP contribution in [-0.2, 0) is 4.79 Å². The molecule has 0 spiro atoms. The van der Waals surface area contributed by atoms with Crippen LogP contribution in [0.5, 0.6) is 0 Å². The van der Waals surface area contributed by atoms with Gasteiger partial charge in [-0.1, -0.05) is 26.7 Å². The lowest BCUT2D eigenvalue weighted by atomic mass is 9.95. The van der Waals surface area contributed by atoms with Crippen LogP contribution in [0, 0.1) is 5.92 Å². The number of hydrogen-bond acceptors (Lipinski definition) is 3. The Balaban J connectivity index is 4.04. The highest BCUT2D eigenvalue weighted by Crippen LogP contribution is 2.10. The molecule has 0 saturated carbocycles. The molecule has 1 amide bonds. The molecule has 0 aliphatic carbocycles. The Morgan fingerprint density at radius 2 is 2.12 bits per heavy atom. The number of nitrogens with one attached hydrogen (secondary N) is 1. The van der Waals surface area contributed by atoms with E-state index in [2.05, 4.69) is 12.2 Å². The molecule has 0 aromatic rings. The van der Waals surface area contributed by atoms with Crippen molar-refractivity contribution in [2.45, 2.75) is 52.0 Å². The molecule has 0 fully saturated rings. The normalized spacial score (nSPS) is 16.6. The van der Waals surface area contributed by atoms with Crippen LogP contribution in [0.1, 0.15) is 46.5 Å². The lowest BCUT2D eigenvalue weighted by molar-refractivity contribution is -0.126. The largest absolute Gasteiger partial charge is 0.396 e. The monoisotopic (exact) mass is 230 g/mol. The molecular weight excluding hydrogens is 204 g/mol. The van der Waals surface area contributed by atoms with E-state index in [4.69, 9.17) is 10.8 Å². The average molecular weight is 230 g/mol. The summed E-state index contributed by atoms with van der Waals surface area (Å²) in [4.78, 5) is 11.8. The van der Waals surface area contributed by atoms with E-state index in [0.717, 1.165) is 19.3 Å². The number of carbonyl (C=O) groups excluding carboxylic acids is 1. The topological polar surface area (TPSA) is 75.4 Å². The van der Waals surface area contributed by atoms with E-state index < -0.39 is 5.54 Å². The minimum atomic E-state index is -0.772. The van der Waals surface area contributed by atoms with Crippen molar-refractivity contribution in [3.05, 3.63) is 0 Å². The van der Waals surface area contributed by atoms with E-state index in [-0.39, 0.29) is 12.5 Å². The third kappa shape index (κ3) is 5.47. The molecule has 4 N–H and O–H groups in total. The molecule has 2 atom stereocenters. The van der Waals surface area contributed by atoms with E-state index in [1.165, 1.54) is 0 Å². The van der Waals surface area contributed by atoms with E-state index >= 15 is 0 Å². The zero-order chi connectivity index (χ0) is 12.6. The standard InChI is InChI=1S/C12H26N2O2/c1-4-7-12(3,13)11(16)14-9-10(5-2)6-8-15/h10,15H,4-9,13H2,1-3H3,(H,14,16). The van der Waals surface area contributed by atoms with Gasteiger partial charge < -0.3 is 16.2 Å². The molecule has 96 valence electrons. The van der Waals surface area contributed by atoms with Crippen molar-refractivity contribution >= 4 is 5.91 Å². The van der Waals surface area contributed by atoms with Gasteiger partial charge in [-0.05, 0) is 25.7 Å². The molecule has 0 radical (unpaired) electrons. The van der Waals surface area contributed by atoms with E-state index in [1.54, 1.807) is 6.92 Å². The first-order valence-electron chi connectivity index (χ1n) is 6.16. The number of aliphatic hydroxyl groups is 1. The number of hydrogen-bond donors (Lipinski definition) is 3. The van der Waals surface area contributed by atoms with Crippen molar-refractivity contribution < 1.29 is 9.90 Å². The molecule has 2 unspecified atom stereocenters. The van der Waals surface area contributed by atoms with E-state index in [1.807, 2.05) is 6.92 Å². The van der Waals surface area contributed by atoms with Crippen LogP contribution in [0.4, 0.5) is 0 Å². The average Bonchev–Trinajstić information content (AvgIpc) is 2.23. The van der Waals surface area contributed by atoms with Crippen molar-refractivity contribution in [2.75, 3.05) is 13.2 Å². The van der Waals surface area contributed by atoms with Gasteiger partial charge in [-0.2, -0.15) is 0 Å². The highest BCUT2D eigenvalue weighted by atomic mass is 16.3. The Morgan fingerprint density at radius 1 is 1.50 bits per heavy atom. The van der Waals surface area contributed by atoms with Gasteiger partial charge in [-0.25, -0.2) is 0 Å². The molecule has 4 nitrogen and oxygen atoms in total. The van der Waals surface area contributed by atoms with Crippen molar-refractivity contribution in [3.63, 3.8) is 0 Å². The van der Waals surface area contributed by atoms with Crippen LogP contribution in [-0.4, -0.2) is 29.7 Å². The highest BCUT2D eigenvalue weighted by Gasteiger charge is 2.27. The fourth-order valence-electron chi connectivity index (χ4n) is 1.70. The highest BCUT2D eigenvalue weighted by molar-refractivity contribution is 5.85. The maximum Gasteiger partial charge on any atom is 0.239 e. The summed E-state index contributed by atoms with van der Waals surface area (Å²) in [5, 5.41) is 11.7. The van der Waals surface area contributed by atoms with Gasteiger partial charge in [0.1, 0.15) is 0 Å². The first-order valence-corrected chi connectivity index (χ1v) is 6.16. The fourth-order valence-corrected chi connectivity index (χ4v) is 1.70. The first-order chi connectivity index (χ1) is 7.47. The predicted octanol–water partition coefficient (Wildman–Crippen LogP) is 1.03. The van der Waals surface area contributed by atoms with Gasteiger partial charge in [-0.3, -0.25) is 4.79 Å².